The van der Waals surface area contributed by atoms with E-state index in [-0.39, 0.29) is 45.2 Å². The number of rotatable bonds is 5. The fraction of sp³-hybridized carbons (Fsp3) is 0.176. The summed E-state index contributed by atoms with van der Waals surface area (Å²) in [6, 6.07) is 8.97. The van der Waals surface area contributed by atoms with Crippen molar-refractivity contribution in [1.29, 1.82) is 5.26 Å². The average molecular weight is 505 g/mol. The number of carbonyl (C=O) groups is 1. The third-order valence-electron chi connectivity index (χ3n) is 3.97. The van der Waals surface area contributed by atoms with Gasteiger partial charge in [0.1, 0.15) is 5.75 Å². The van der Waals surface area contributed by atoms with Gasteiger partial charge in [-0.3, -0.25) is 14.2 Å². The van der Waals surface area contributed by atoms with E-state index in [0.717, 1.165) is 4.90 Å². The van der Waals surface area contributed by atoms with E-state index in [1.807, 2.05) is 6.07 Å². The topological polar surface area (TPSA) is 120 Å². The normalized spacial score (nSPS) is 17.1. The van der Waals surface area contributed by atoms with Gasteiger partial charge in [0, 0.05) is 17.1 Å². The molecule has 0 aromatic heterocycles. The summed E-state index contributed by atoms with van der Waals surface area (Å²) >= 11 is 9.11. The van der Waals surface area contributed by atoms with Gasteiger partial charge < -0.3 is 10.1 Å². The van der Waals surface area contributed by atoms with Crippen molar-refractivity contribution in [3.63, 3.8) is 0 Å². The Balaban J connectivity index is 1.93. The molecule has 1 aliphatic heterocycles. The minimum atomic E-state index is -4.61. The first-order valence-corrected chi connectivity index (χ1v) is 10.6. The average Bonchev–Trinajstić information content (AvgIpc) is 3.01. The van der Waals surface area contributed by atoms with E-state index in [2.05, 4.69) is 21.2 Å². The molecule has 2 aromatic carbocycles. The number of nitriles is 1. The number of nitrogens with one attached hydrogen (secondary N) is 1. The van der Waals surface area contributed by atoms with Crippen LogP contribution in [0.15, 0.2) is 34.8 Å². The summed E-state index contributed by atoms with van der Waals surface area (Å²) in [5, 5.41) is 11.4. The molecule has 8 nitrogen and oxygen atoms in total. The highest BCUT2D eigenvalue weighted by molar-refractivity contribution is 9.10. The maximum absolute atomic E-state index is 15.1. The van der Waals surface area contributed by atoms with Gasteiger partial charge in [-0.2, -0.15) is 13.7 Å². The Labute approximate surface area is 178 Å². The molecule has 12 heteroatoms. The van der Waals surface area contributed by atoms with Crippen LogP contribution in [0.3, 0.4) is 0 Å². The standard InChI is InChI=1S/C17H12BrClFN3O5S/c18-13-2-1-10(7-23-8-14(24)22-17(23)29(25,26)27)15(20)16(13)28-12-4-9(6-21)3-11(19)5-12/h1-5,17H,7-8H2,(H,22,24)(H,25,26,27). The van der Waals surface area contributed by atoms with Crippen molar-refractivity contribution in [2.45, 2.75) is 12.0 Å². The lowest BCUT2D eigenvalue weighted by Gasteiger charge is -2.21. The highest BCUT2D eigenvalue weighted by atomic mass is 79.9. The van der Waals surface area contributed by atoms with E-state index in [1.165, 1.54) is 30.3 Å². The first kappa shape index (κ1) is 21.5. The molecule has 0 aliphatic carbocycles. The summed E-state index contributed by atoms with van der Waals surface area (Å²) in [7, 11) is -4.61. The number of nitrogens with zero attached hydrogens (tertiary/aromatic N) is 2. The molecule has 0 radical (unpaired) electrons. The summed E-state index contributed by atoms with van der Waals surface area (Å²) in [6.45, 7) is -0.631. The molecule has 1 amide bonds. The fourth-order valence-corrected chi connectivity index (χ4v) is 4.17. The van der Waals surface area contributed by atoms with Crippen molar-refractivity contribution in [2.24, 2.45) is 0 Å². The van der Waals surface area contributed by atoms with E-state index in [0.29, 0.717) is 0 Å². The van der Waals surface area contributed by atoms with E-state index >= 15 is 4.39 Å². The highest BCUT2D eigenvalue weighted by Crippen LogP contribution is 2.36. The van der Waals surface area contributed by atoms with Gasteiger partial charge >= 0.3 is 10.1 Å². The van der Waals surface area contributed by atoms with Crippen molar-refractivity contribution >= 4 is 43.6 Å². The number of halogens is 3. The first-order chi connectivity index (χ1) is 13.6. The van der Waals surface area contributed by atoms with E-state index in [1.54, 1.807) is 0 Å². The molecule has 1 aliphatic rings. The molecule has 0 bridgehead atoms. The van der Waals surface area contributed by atoms with E-state index in [4.69, 9.17) is 21.6 Å². The second kappa shape index (κ2) is 8.25. The lowest BCUT2D eigenvalue weighted by Crippen LogP contribution is -2.42. The minimum Gasteiger partial charge on any atom is -0.453 e. The molecule has 1 heterocycles. The number of hydrogen-bond acceptors (Lipinski definition) is 6. The van der Waals surface area contributed by atoms with Crippen LogP contribution in [0.1, 0.15) is 11.1 Å². The SMILES string of the molecule is N#Cc1cc(Cl)cc(Oc2c(Br)ccc(CN3CC(=O)NC3S(=O)(=O)O)c2F)c1. The van der Waals surface area contributed by atoms with Crippen LogP contribution in [0.4, 0.5) is 4.39 Å². The van der Waals surface area contributed by atoms with Crippen LogP contribution in [0.2, 0.25) is 5.02 Å². The Hall–Kier alpha value is -2.23. The van der Waals surface area contributed by atoms with Crippen molar-refractivity contribution in [2.75, 3.05) is 6.54 Å². The number of amides is 1. The van der Waals surface area contributed by atoms with Gasteiger partial charge in [-0.05, 0) is 40.2 Å². The molecule has 1 fully saturated rings. The molecule has 0 saturated carbocycles. The molecule has 2 N–H and O–H groups in total. The highest BCUT2D eigenvalue weighted by Gasteiger charge is 2.38. The Morgan fingerprint density at radius 3 is 2.79 bits per heavy atom. The van der Waals surface area contributed by atoms with Crippen molar-refractivity contribution in [3.05, 3.63) is 56.8 Å². The zero-order valence-electron chi connectivity index (χ0n) is 14.4. The number of ether oxygens (including phenoxy) is 1. The summed E-state index contributed by atoms with van der Waals surface area (Å²) in [5.41, 5.74) is -1.43. The number of hydrogen-bond donors (Lipinski definition) is 2. The second-order valence-corrected chi connectivity index (χ2v) is 8.85. The van der Waals surface area contributed by atoms with Crippen LogP contribution < -0.4 is 10.1 Å². The van der Waals surface area contributed by atoms with Crippen molar-refractivity contribution in [3.8, 4) is 17.6 Å². The summed E-state index contributed by atoms with van der Waals surface area (Å²) < 4.78 is 53.1. The molecule has 3 rings (SSSR count). The maximum Gasteiger partial charge on any atom is 0.300 e. The molecule has 1 atom stereocenters. The van der Waals surface area contributed by atoms with Crippen molar-refractivity contribution < 1.29 is 26.9 Å². The van der Waals surface area contributed by atoms with Gasteiger partial charge in [-0.25, -0.2) is 4.39 Å². The third-order valence-corrected chi connectivity index (χ3v) is 5.79. The molecule has 0 spiro atoms. The summed E-state index contributed by atoms with van der Waals surface area (Å²) in [6.07, 6.45) is 0. The third kappa shape index (κ3) is 4.85. The predicted octanol–water partition coefficient (Wildman–Crippen LogP) is 3.01. The van der Waals surface area contributed by atoms with Crippen LogP contribution in [-0.2, 0) is 21.5 Å². The van der Waals surface area contributed by atoms with Gasteiger partial charge in [-0.15, -0.1) is 0 Å². The Bertz CT molecular complexity index is 1140. The molecular formula is C17H12BrClFN3O5S. The van der Waals surface area contributed by atoms with Gasteiger partial charge in [0.2, 0.25) is 11.4 Å². The van der Waals surface area contributed by atoms with Crippen LogP contribution in [0, 0.1) is 17.1 Å². The Morgan fingerprint density at radius 1 is 1.41 bits per heavy atom. The maximum atomic E-state index is 15.1. The molecule has 1 unspecified atom stereocenters. The molecular weight excluding hydrogens is 493 g/mol. The second-order valence-electron chi connectivity index (χ2n) is 6.08. The number of carbonyl (C=O) groups excluding carboxylic acids is 1. The quantitative estimate of drug-likeness (QED) is 0.601. The van der Waals surface area contributed by atoms with Gasteiger partial charge in [-0.1, -0.05) is 17.7 Å². The molecule has 2 aromatic rings. The number of benzene rings is 2. The van der Waals surface area contributed by atoms with Gasteiger partial charge in [0.05, 0.1) is 22.7 Å². The van der Waals surface area contributed by atoms with Gasteiger partial charge in [0.15, 0.2) is 11.6 Å². The summed E-state index contributed by atoms with van der Waals surface area (Å²) in [4.78, 5) is 12.6. The monoisotopic (exact) mass is 503 g/mol. The van der Waals surface area contributed by atoms with Crippen LogP contribution >= 0.6 is 27.5 Å². The molecule has 29 heavy (non-hydrogen) atoms. The van der Waals surface area contributed by atoms with E-state index < -0.39 is 27.3 Å². The molecule has 152 valence electrons. The van der Waals surface area contributed by atoms with Crippen LogP contribution in [0.25, 0.3) is 0 Å². The Morgan fingerprint density at radius 2 is 2.14 bits per heavy atom. The lowest BCUT2D eigenvalue weighted by molar-refractivity contribution is -0.118. The first-order valence-electron chi connectivity index (χ1n) is 7.93. The zero-order chi connectivity index (χ0) is 21.3. The molecule has 1 saturated heterocycles. The predicted molar refractivity (Wildman–Crippen MR) is 104 cm³/mol. The minimum absolute atomic E-state index is 0.0240. The smallest absolute Gasteiger partial charge is 0.300 e. The zero-order valence-corrected chi connectivity index (χ0v) is 17.6. The fourth-order valence-electron chi connectivity index (χ4n) is 2.76. The Kier molecular flexibility index (Phi) is 6.11. The lowest BCUT2D eigenvalue weighted by atomic mass is 10.2. The van der Waals surface area contributed by atoms with Crippen LogP contribution in [0.5, 0.6) is 11.5 Å². The van der Waals surface area contributed by atoms with Crippen LogP contribution in [-0.4, -0.2) is 35.8 Å². The van der Waals surface area contributed by atoms with Gasteiger partial charge in [0.25, 0.3) is 0 Å². The van der Waals surface area contributed by atoms with E-state index in [9.17, 15) is 17.8 Å². The van der Waals surface area contributed by atoms with Crippen molar-refractivity contribution in [1.82, 2.24) is 10.2 Å². The summed E-state index contributed by atoms with van der Waals surface area (Å²) in [5.74, 6) is -1.52. The largest absolute Gasteiger partial charge is 0.453 e.